The number of nitrogens with zero attached hydrogens (tertiary/aromatic N) is 1. The summed E-state index contributed by atoms with van der Waals surface area (Å²) in [5.74, 6) is -0.749. The highest BCUT2D eigenvalue weighted by Gasteiger charge is 2.18. The molecule has 2 aromatic rings. The Kier molecular flexibility index (Phi) is 2.74. The van der Waals surface area contributed by atoms with E-state index >= 15 is 0 Å². The van der Waals surface area contributed by atoms with E-state index in [9.17, 15) is 9.36 Å². The van der Waals surface area contributed by atoms with Crippen LogP contribution in [0.5, 0.6) is 0 Å². The van der Waals surface area contributed by atoms with Crippen molar-refractivity contribution in [2.75, 3.05) is 0 Å². The maximum atomic E-state index is 10.9. The molecule has 1 heterocycles. The van der Waals surface area contributed by atoms with Crippen LogP contribution >= 0.6 is 7.60 Å². The first-order valence-electron chi connectivity index (χ1n) is 4.69. The number of carbonyl (C=O) groups is 1. The number of benzene rings is 1. The van der Waals surface area contributed by atoms with Gasteiger partial charge in [-0.15, -0.1) is 0 Å². The molecule has 0 aliphatic carbocycles. The lowest BCUT2D eigenvalue weighted by atomic mass is 10.2. The number of nitrogens with two attached hydrogens (primary N) is 1. The first-order chi connectivity index (χ1) is 7.87. The van der Waals surface area contributed by atoms with Crippen molar-refractivity contribution in [3.05, 3.63) is 29.6 Å². The zero-order valence-electron chi connectivity index (χ0n) is 8.62. The number of amides is 1. The predicted molar refractivity (Wildman–Crippen MR) is 60.4 cm³/mol. The minimum atomic E-state index is -4.18. The monoisotopic (exact) mass is 255 g/mol. The van der Waals surface area contributed by atoms with Crippen molar-refractivity contribution in [2.24, 2.45) is 5.73 Å². The Bertz CT molecular complexity index is 630. The summed E-state index contributed by atoms with van der Waals surface area (Å²) in [6.45, 7) is 0. The topological polar surface area (TPSA) is 129 Å². The molecule has 2 rings (SSSR count). The van der Waals surface area contributed by atoms with Crippen molar-refractivity contribution in [1.82, 2.24) is 9.97 Å². The summed E-state index contributed by atoms with van der Waals surface area (Å²) < 4.78 is 10.9. The second-order valence-electron chi connectivity index (χ2n) is 3.59. The lowest BCUT2D eigenvalue weighted by Crippen LogP contribution is -2.12. The van der Waals surface area contributed by atoms with Gasteiger partial charge < -0.3 is 20.5 Å². The van der Waals surface area contributed by atoms with Gasteiger partial charge in [0.2, 0.25) is 0 Å². The van der Waals surface area contributed by atoms with Gasteiger partial charge in [0.1, 0.15) is 0 Å². The van der Waals surface area contributed by atoms with E-state index in [0.29, 0.717) is 16.6 Å². The molecule has 0 unspecified atom stereocenters. The third-order valence-corrected chi connectivity index (χ3v) is 2.96. The zero-order chi connectivity index (χ0) is 12.6. The minimum absolute atomic E-state index is 0.0295. The van der Waals surface area contributed by atoms with E-state index in [1.54, 1.807) is 18.2 Å². The number of H-pyrrole nitrogens is 1. The Labute approximate surface area is 95.8 Å². The van der Waals surface area contributed by atoms with Gasteiger partial charge in [0.25, 0.3) is 5.91 Å². The summed E-state index contributed by atoms with van der Waals surface area (Å²) in [5, 5.41) is 0. The molecule has 0 spiro atoms. The zero-order valence-corrected chi connectivity index (χ0v) is 9.52. The van der Waals surface area contributed by atoms with Crippen LogP contribution < -0.4 is 5.73 Å². The number of aromatic nitrogens is 2. The number of rotatable bonds is 3. The van der Waals surface area contributed by atoms with Crippen LogP contribution in [0.2, 0.25) is 0 Å². The van der Waals surface area contributed by atoms with Crippen molar-refractivity contribution >= 4 is 24.5 Å². The molecule has 5 N–H and O–H groups in total. The summed E-state index contributed by atoms with van der Waals surface area (Å²) in [6.07, 6.45) is -0.423. The van der Waals surface area contributed by atoms with E-state index in [1.165, 1.54) is 0 Å². The highest BCUT2D eigenvalue weighted by atomic mass is 31.2. The molecule has 0 bridgehead atoms. The van der Waals surface area contributed by atoms with Crippen LogP contribution in [0, 0.1) is 0 Å². The average molecular weight is 255 g/mol. The van der Waals surface area contributed by atoms with Crippen LogP contribution in [0.1, 0.15) is 16.2 Å². The number of carbonyl (C=O) groups excluding carboxylic acids is 1. The van der Waals surface area contributed by atoms with Crippen LogP contribution in [0.4, 0.5) is 0 Å². The van der Waals surface area contributed by atoms with Gasteiger partial charge in [0.15, 0.2) is 5.82 Å². The SMILES string of the molecule is NC(=O)c1nc2c(CP(=O)(O)O)cccc2[nH]1. The van der Waals surface area contributed by atoms with E-state index in [2.05, 4.69) is 9.97 Å². The number of para-hydroxylation sites is 1. The molecule has 0 aliphatic rings. The Morgan fingerprint density at radius 1 is 1.47 bits per heavy atom. The average Bonchev–Trinajstić information content (AvgIpc) is 2.60. The molecule has 1 aromatic heterocycles. The van der Waals surface area contributed by atoms with Crippen molar-refractivity contribution in [3.63, 3.8) is 0 Å². The quantitative estimate of drug-likeness (QED) is 0.587. The van der Waals surface area contributed by atoms with Gasteiger partial charge in [-0.05, 0) is 11.6 Å². The number of imidazole rings is 1. The fourth-order valence-corrected chi connectivity index (χ4v) is 2.26. The highest BCUT2D eigenvalue weighted by molar-refractivity contribution is 7.50. The maximum Gasteiger partial charge on any atom is 0.329 e. The van der Waals surface area contributed by atoms with Gasteiger partial charge in [-0.25, -0.2) is 4.98 Å². The molecule has 0 aliphatic heterocycles. The minimum Gasteiger partial charge on any atom is -0.363 e. The molecule has 17 heavy (non-hydrogen) atoms. The van der Waals surface area contributed by atoms with E-state index < -0.39 is 19.7 Å². The third-order valence-electron chi connectivity index (χ3n) is 2.21. The molecule has 8 heteroatoms. The second-order valence-corrected chi connectivity index (χ2v) is 5.23. The van der Waals surface area contributed by atoms with Crippen LogP contribution in [-0.2, 0) is 10.7 Å². The summed E-state index contributed by atoms with van der Waals surface area (Å²) in [5.41, 5.74) is 6.31. The van der Waals surface area contributed by atoms with E-state index in [-0.39, 0.29) is 5.82 Å². The van der Waals surface area contributed by atoms with E-state index in [4.69, 9.17) is 15.5 Å². The highest BCUT2D eigenvalue weighted by Crippen LogP contribution is 2.40. The molecular weight excluding hydrogens is 245 g/mol. The number of primary amides is 1. The Morgan fingerprint density at radius 3 is 2.76 bits per heavy atom. The van der Waals surface area contributed by atoms with Crippen LogP contribution in [0.15, 0.2) is 18.2 Å². The Morgan fingerprint density at radius 2 is 2.18 bits per heavy atom. The molecule has 0 radical (unpaired) electrons. The number of aromatic amines is 1. The molecule has 0 saturated heterocycles. The van der Waals surface area contributed by atoms with Gasteiger partial charge in [0, 0.05) is 0 Å². The molecule has 0 saturated carbocycles. The van der Waals surface area contributed by atoms with E-state index in [1.807, 2.05) is 0 Å². The van der Waals surface area contributed by atoms with Crippen molar-refractivity contribution < 1.29 is 19.1 Å². The number of hydrogen-bond acceptors (Lipinski definition) is 3. The van der Waals surface area contributed by atoms with Gasteiger partial charge in [-0.2, -0.15) is 0 Å². The Balaban J connectivity index is 2.57. The van der Waals surface area contributed by atoms with Crippen LogP contribution in [-0.4, -0.2) is 25.7 Å². The van der Waals surface area contributed by atoms with Gasteiger partial charge >= 0.3 is 7.60 Å². The number of nitrogens with one attached hydrogen (secondary N) is 1. The summed E-state index contributed by atoms with van der Waals surface area (Å²) in [6, 6.07) is 4.82. The smallest absolute Gasteiger partial charge is 0.329 e. The van der Waals surface area contributed by atoms with Crippen molar-refractivity contribution in [2.45, 2.75) is 6.16 Å². The predicted octanol–water partition coefficient (Wildman–Crippen LogP) is 0.340. The standard InChI is InChI=1S/C9H10N3O4P/c10-8(13)9-11-6-3-1-2-5(7(6)12-9)4-17(14,15)16/h1-3H,4H2,(H2,10,13)(H,11,12)(H2,14,15,16). The summed E-state index contributed by atoms with van der Waals surface area (Å²) in [4.78, 5) is 35.4. The first kappa shape index (κ1) is 11.8. The van der Waals surface area contributed by atoms with Gasteiger partial charge in [0.05, 0.1) is 17.2 Å². The largest absolute Gasteiger partial charge is 0.363 e. The molecular formula is C9H10N3O4P. The molecule has 1 aromatic carbocycles. The van der Waals surface area contributed by atoms with Crippen molar-refractivity contribution in [3.8, 4) is 0 Å². The van der Waals surface area contributed by atoms with Gasteiger partial charge in [-0.3, -0.25) is 9.36 Å². The molecule has 0 fully saturated rings. The first-order valence-corrected chi connectivity index (χ1v) is 6.48. The van der Waals surface area contributed by atoms with Gasteiger partial charge in [-0.1, -0.05) is 12.1 Å². The third kappa shape index (κ3) is 2.52. The number of hydrogen-bond donors (Lipinski definition) is 4. The fraction of sp³-hybridized carbons (Fsp3) is 0.111. The fourth-order valence-electron chi connectivity index (χ4n) is 1.56. The number of fused-ring (bicyclic) bond motifs is 1. The lowest BCUT2D eigenvalue weighted by Gasteiger charge is -2.03. The van der Waals surface area contributed by atoms with Crippen LogP contribution in [0.25, 0.3) is 11.0 Å². The normalized spacial score (nSPS) is 11.9. The van der Waals surface area contributed by atoms with Crippen molar-refractivity contribution in [1.29, 1.82) is 0 Å². The molecule has 7 nitrogen and oxygen atoms in total. The maximum absolute atomic E-state index is 10.9. The van der Waals surface area contributed by atoms with Crippen LogP contribution in [0.3, 0.4) is 0 Å². The molecule has 1 amide bonds. The molecule has 90 valence electrons. The molecule has 0 atom stereocenters. The lowest BCUT2D eigenvalue weighted by molar-refractivity contribution is 0.0991. The Hall–Kier alpha value is -1.69. The van der Waals surface area contributed by atoms with E-state index in [0.717, 1.165) is 0 Å². The summed E-state index contributed by atoms with van der Waals surface area (Å²) >= 11 is 0. The summed E-state index contributed by atoms with van der Waals surface area (Å²) in [7, 11) is -4.18. The second kappa shape index (κ2) is 3.96.